The molecule has 31 heavy (non-hydrogen) atoms. The van der Waals surface area contributed by atoms with Crippen LogP contribution in [0.5, 0.6) is 0 Å². The van der Waals surface area contributed by atoms with Crippen LogP contribution in [0.4, 0.5) is 10.1 Å². The average Bonchev–Trinajstić information content (AvgIpc) is 3.41. The molecule has 1 N–H and O–H groups in total. The van der Waals surface area contributed by atoms with Gasteiger partial charge in [0.15, 0.2) is 0 Å². The first-order valence-corrected chi connectivity index (χ1v) is 12.7. The number of sulfonamides is 1. The highest BCUT2D eigenvalue weighted by atomic mass is 32.2. The SMILES string of the molecule is O=C(Nc1ccc2scnc2c1)[C@H]1CCN(S(=O)(=O)c2ccc3ncsc3c2)C[C@H]1F. The third-order valence-electron chi connectivity index (χ3n) is 5.38. The number of rotatable bonds is 4. The minimum Gasteiger partial charge on any atom is -0.326 e. The zero-order chi connectivity index (χ0) is 21.6. The number of halogens is 1. The van der Waals surface area contributed by atoms with E-state index in [2.05, 4.69) is 15.3 Å². The number of anilines is 1. The molecule has 0 bridgehead atoms. The third-order valence-corrected chi connectivity index (χ3v) is 8.84. The lowest BCUT2D eigenvalue weighted by Crippen LogP contribution is -2.48. The molecule has 0 unspecified atom stereocenters. The summed E-state index contributed by atoms with van der Waals surface area (Å²) < 4.78 is 43.8. The summed E-state index contributed by atoms with van der Waals surface area (Å²) in [4.78, 5) is 21.1. The van der Waals surface area contributed by atoms with Gasteiger partial charge in [0.1, 0.15) is 6.17 Å². The summed E-state index contributed by atoms with van der Waals surface area (Å²) in [6, 6.07) is 10.0. The highest BCUT2D eigenvalue weighted by Crippen LogP contribution is 2.30. The number of nitrogens with zero attached hydrogens (tertiary/aromatic N) is 3. The number of piperidine rings is 1. The second-order valence-corrected chi connectivity index (χ2v) is 11.0. The number of carbonyl (C=O) groups excluding carboxylic acids is 1. The van der Waals surface area contributed by atoms with Crippen LogP contribution in [0.15, 0.2) is 52.3 Å². The normalized spacial score (nSPS) is 20.3. The summed E-state index contributed by atoms with van der Waals surface area (Å²) >= 11 is 2.84. The fraction of sp³-hybridized carbons (Fsp3) is 0.250. The van der Waals surface area contributed by atoms with Gasteiger partial charge < -0.3 is 5.32 Å². The molecule has 1 fully saturated rings. The number of nitrogens with one attached hydrogen (secondary N) is 1. The highest BCUT2D eigenvalue weighted by molar-refractivity contribution is 7.89. The molecule has 11 heteroatoms. The largest absolute Gasteiger partial charge is 0.326 e. The Kier molecular flexibility index (Phi) is 5.21. The molecule has 3 heterocycles. The Morgan fingerprint density at radius 1 is 1.06 bits per heavy atom. The zero-order valence-electron chi connectivity index (χ0n) is 16.1. The quantitative estimate of drug-likeness (QED) is 0.482. The van der Waals surface area contributed by atoms with Crippen molar-refractivity contribution in [3.8, 4) is 0 Å². The van der Waals surface area contributed by atoms with Gasteiger partial charge in [0, 0.05) is 18.8 Å². The molecule has 1 aliphatic rings. The van der Waals surface area contributed by atoms with E-state index in [1.54, 1.807) is 35.3 Å². The predicted molar refractivity (Wildman–Crippen MR) is 120 cm³/mol. The Morgan fingerprint density at radius 2 is 1.84 bits per heavy atom. The number of alkyl halides is 1. The van der Waals surface area contributed by atoms with Gasteiger partial charge in [-0.2, -0.15) is 4.31 Å². The summed E-state index contributed by atoms with van der Waals surface area (Å²) in [5, 5.41) is 2.74. The Hall–Kier alpha value is -2.47. The molecule has 0 radical (unpaired) electrons. The maximum atomic E-state index is 14.9. The minimum atomic E-state index is -3.86. The van der Waals surface area contributed by atoms with Crippen LogP contribution in [0.3, 0.4) is 0 Å². The van der Waals surface area contributed by atoms with Crippen molar-refractivity contribution < 1.29 is 17.6 Å². The molecule has 0 aliphatic carbocycles. The van der Waals surface area contributed by atoms with Crippen LogP contribution in [0.25, 0.3) is 20.4 Å². The van der Waals surface area contributed by atoms with Gasteiger partial charge >= 0.3 is 0 Å². The predicted octanol–water partition coefficient (Wildman–Crippen LogP) is 3.89. The summed E-state index contributed by atoms with van der Waals surface area (Å²) in [5.74, 6) is -1.37. The molecule has 0 spiro atoms. The van der Waals surface area contributed by atoms with Crippen LogP contribution >= 0.6 is 22.7 Å². The molecule has 0 saturated carbocycles. The van der Waals surface area contributed by atoms with Crippen LogP contribution in [-0.4, -0.2) is 47.9 Å². The summed E-state index contributed by atoms with van der Waals surface area (Å²) in [5.41, 5.74) is 5.39. The van der Waals surface area contributed by atoms with E-state index in [9.17, 15) is 17.6 Å². The van der Waals surface area contributed by atoms with Gasteiger partial charge in [0.25, 0.3) is 0 Å². The molecular formula is C20H17FN4O3S3. The van der Waals surface area contributed by atoms with E-state index in [4.69, 9.17) is 0 Å². The van der Waals surface area contributed by atoms with E-state index < -0.39 is 28.0 Å². The number of amides is 1. The minimum absolute atomic E-state index is 0.0761. The second-order valence-electron chi connectivity index (χ2n) is 7.28. The highest BCUT2D eigenvalue weighted by Gasteiger charge is 2.39. The van der Waals surface area contributed by atoms with Crippen molar-refractivity contribution >= 4 is 64.7 Å². The fourth-order valence-electron chi connectivity index (χ4n) is 3.71. The Balaban J connectivity index is 1.29. The Morgan fingerprint density at radius 3 is 2.65 bits per heavy atom. The van der Waals surface area contributed by atoms with Crippen molar-refractivity contribution in [1.29, 1.82) is 0 Å². The summed E-state index contributed by atoms with van der Waals surface area (Å²) in [6.45, 7) is -0.279. The van der Waals surface area contributed by atoms with E-state index >= 15 is 0 Å². The Labute approximate surface area is 185 Å². The van der Waals surface area contributed by atoms with E-state index in [-0.39, 0.29) is 24.4 Å². The topological polar surface area (TPSA) is 92.3 Å². The summed E-state index contributed by atoms with van der Waals surface area (Å²) in [6.07, 6.45) is -1.49. The Bertz CT molecular complexity index is 1380. The van der Waals surface area contributed by atoms with Crippen LogP contribution < -0.4 is 5.32 Å². The van der Waals surface area contributed by atoms with Crippen molar-refractivity contribution in [2.75, 3.05) is 18.4 Å². The second kappa shape index (κ2) is 7.90. The molecular weight excluding hydrogens is 459 g/mol. The number of carbonyl (C=O) groups is 1. The standard InChI is InChI=1S/C20H17FN4O3S3/c21-15-9-25(31(27,28)13-2-3-16-19(8-13)30-10-22-16)6-5-14(15)20(26)24-12-1-4-18-17(7-12)23-11-29-18/h1-4,7-8,10-11,14-15H,5-6,9H2,(H,24,26)/t14-,15+/m0/s1. The van der Waals surface area contributed by atoms with Crippen molar-refractivity contribution in [2.45, 2.75) is 17.5 Å². The first-order valence-electron chi connectivity index (χ1n) is 9.53. The zero-order valence-corrected chi connectivity index (χ0v) is 18.5. The van der Waals surface area contributed by atoms with E-state index in [0.29, 0.717) is 5.69 Å². The van der Waals surface area contributed by atoms with Gasteiger partial charge in [-0.3, -0.25) is 4.79 Å². The van der Waals surface area contributed by atoms with Crippen molar-refractivity contribution in [2.24, 2.45) is 5.92 Å². The molecule has 2 atom stereocenters. The lowest BCUT2D eigenvalue weighted by atomic mass is 9.95. The summed E-state index contributed by atoms with van der Waals surface area (Å²) in [7, 11) is -3.86. The molecule has 1 saturated heterocycles. The van der Waals surface area contributed by atoms with Crippen molar-refractivity contribution in [3.63, 3.8) is 0 Å². The van der Waals surface area contributed by atoms with E-state index in [0.717, 1.165) is 24.7 Å². The maximum Gasteiger partial charge on any atom is 0.243 e. The van der Waals surface area contributed by atoms with Crippen molar-refractivity contribution in [1.82, 2.24) is 14.3 Å². The monoisotopic (exact) mass is 476 g/mol. The molecule has 2 aromatic carbocycles. The number of thiazole rings is 2. The van der Waals surface area contributed by atoms with Crippen LogP contribution in [0.1, 0.15) is 6.42 Å². The molecule has 5 rings (SSSR count). The maximum absolute atomic E-state index is 14.9. The van der Waals surface area contributed by atoms with Crippen molar-refractivity contribution in [3.05, 3.63) is 47.4 Å². The first-order chi connectivity index (χ1) is 14.9. The lowest BCUT2D eigenvalue weighted by molar-refractivity contribution is -0.123. The third kappa shape index (κ3) is 3.82. The first kappa shape index (κ1) is 20.4. The van der Waals surface area contributed by atoms with E-state index in [1.807, 2.05) is 6.07 Å². The number of hydrogen-bond donors (Lipinski definition) is 1. The lowest BCUT2D eigenvalue weighted by Gasteiger charge is -2.33. The number of benzene rings is 2. The molecule has 160 valence electrons. The van der Waals surface area contributed by atoms with E-state index in [1.165, 1.54) is 28.7 Å². The molecule has 1 aliphatic heterocycles. The van der Waals surface area contributed by atoms with Gasteiger partial charge in [-0.1, -0.05) is 0 Å². The molecule has 4 aromatic rings. The number of fused-ring (bicyclic) bond motifs is 2. The molecule has 7 nitrogen and oxygen atoms in total. The fourth-order valence-corrected chi connectivity index (χ4v) is 6.65. The van der Waals surface area contributed by atoms with Gasteiger partial charge in [0.05, 0.1) is 42.3 Å². The van der Waals surface area contributed by atoms with Crippen LogP contribution in [0, 0.1) is 5.92 Å². The average molecular weight is 477 g/mol. The van der Waals surface area contributed by atoms with Gasteiger partial charge in [-0.25, -0.2) is 22.8 Å². The number of hydrogen-bond acceptors (Lipinski definition) is 7. The van der Waals surface area contributed by atoms with Crippen LogP contribution in [0.2, 0.25) is 0 Å². The van der Waals surface area contributed by atoms with Gasteiger partial charge in [-0.15, -0.1) is 22.7 Å². The smallest absolute Gasteiger partial charge is 0.243 e. The van der Waals surface area contributed by atoms with Gasteiger partial charge in [0.2, 0.25) is 15.9 Å². The number of aromatic nitrogens is 2. The van der Waals surface area contributed by atoms with Gasteiger partial charge in [-0.05, 0) is 42.8 Å². The van der Waals surface area contributed by atoms with Crippen LogP contribution in [-0.2, 0) is 14.8 Å². The molecule has 2 aromatic heterocycles. The molecule has 1 amide bonds.